The number of hydrogen-bond donors (Lipinski definition) is 1. The average molecular weight is 264 g/mol. The summed E-state index contributed by atoms with van der Waals surface area (Å²) >= 11 is 1.62. The van der Waals surface area contributed by atoms with Crippen molar-refractivity contribution in [3.63, 3.8) is 0 Å². The highest BCUT2D eigenvalue weighted by Gasteiger charge is 2.20. The summed E-state index contributed by atoms with van der Waals surface area (Å²) in [5, 5.41) is 13.6. The van der Waals surface area contributed by atoms with E-state index in [1.807, 2.05) is 17.5 Å². The predicted molar refractivity (Wildman–Crippen MR) is 70.4 cm³/mol. The molecule has 0 amide bonds. The molecule has 0 saturated carbocycles. The maximum Gasteiger partial charge on any atom is 0.257 e. The summed E-state index contributed by atoms with van der Waals surface area (Å²) in [4.78, 5) is 3.39. The number of hydrogen-bond acceptors (Lipinski definition) is 6. The van der Waals surface area contributed by atoms with E-state index in [1.54, 1.807) is 11.3 Å². The van der Waals surface area contributed by atoms with Gasteiger partial charge in [0, 0.05) is 25.7 Å². The normalized spacial score (nSPS) is 21.3. The van der Waals surface area contributed by atoms with Crippen molar-refractivity contribution in [2.75, 3.05) is 19.6 Å². The zero-order chi connectivity index (χ0) is 12.4. The van der Waals surface area contributed by atoms with Gasteiger partial charge in [-0.2, -0.15) is 0 Å². The molecular formula is C12H16N4OS. The Morgan fingerprint density at radius 2 is 2.50 bits per heavy atom. The summed E-state index contributed by atoms with van der Waals surface area (Å²) in [6, 6.07) is 4.49. The molecule has 5 nitrogen and oxygen atoms in total. The Morgan fingerprint density at radius 1 is 1.56 bits per heavy atom. The van der Waals surface area contributed by atoms with Crippen LogP contribution in [-0.4, -0.2) is 40.8 Å². The molecule has 2 aromatic heterocycles. The summed E-state index contributed by atoms with van der Waals surface area (Å²) in [7, 11) is 0. The van der Waals surface area contributed by atoms with Crippen LogP contribution in [0.3, 0.4) is 0 Å². The first kappa shape index (κ1) is 11.8. The Kier molecular flexibility index (Phi) is 3.40. The van der Waals surface area contributed by atoms with Crippen LogP contribution in [0.25, 0.3) is 10.8 Å². The number of aromatic nitrogens is 2. The molecule has 18 heavy (non-hydrogen) atoms. The van der Waals surface area contributed by atoms with E-state index in [2.05, 4.69) is 27.3 Å². The quantitative estimate of drug-likeness (QED) is 0.912. The van der Waals surface area contributed by atoms with Gasteiger partial charge >= 0.3 is 0 Å². The Hall–Kier alpha value is -1.24. The highest BCUT2D eigenvalue weighted by molar-refractivity contribution is 7.13. The van der Waals surface area contributed by atoms with E-state index in [0.29, 0.717) is 17.8 Å². The lowest BCUT2D eigenvalue weighted by Crippen LogP contribution is -2.49. The van der Waals surface area contributed by atoms with Gasteiger partial charge in [0.05, 0.1) is 11.4 Å². The maximum atomic E-state index is 5.71. The molecule has 0 aliphatic carbocycles. The van der Waals surface area contributed by atoms with Crippen molar-refractivity contribution in [1.29, 1.82) is 0 Å². The number of piperazine rings is 1. The number of thiophene rings is 1. The zero-order valence-electron chi connectivity index (χ0n) is 10.3. The molecule has 0 spiro atoms. The topological polar surface area (TPSA) is 54.2 Å². The van der Waals surface area contributed by atoms with Crippen LogP contribution >= 0.6 is 11.3 Å². The molecule has 0 radical (unpaired) electrons. The first-order valence-electron chi connectivity index (χ1n) is 6.14. The lowest BCUT2D eigenvalue weighted by atomic mass is 10.2. The van der Waals surface area contributed by atoms with Gasteiger partial charge in [-0.1, -0.05) is 6.07 Å². The molecule has 3 heterocycles. The van der Waals surface area contributed by atoms with Crippen molar-refractivity contribution >= 4 is 11.3 Å². The minimum Gasteiger partial charge on any atom is -0.419 e. The smallest absolute Gasteiger partial charge is 0.257 e. The van der Waals surface area contributed by atoms with Crippen LogP contribution in [0.2, 0.25) is 0 Å². The largest absolute Gasteiger partial charge is 0.419 e. The Bertz CT molecular complexity index is 496. The van der Waals surface area contributed by atoms with E-state index >= 15 is 0 Å². The molecule has 1 N–H and O–H groups in total. The van der Waals surface area contributed by atoms with E-state index in [0.717, 1.165) is 31.1 Å². The van der Waals surface area contributed by atoms with Gasteiger partial charge in [-0.05, 0) is 18.4 Å². The second-order valence-electron chi connectivity index (χ2n) is 4.50. The summed E-state index contributed by atoms with van der Waals surface area (Å²) in [5.41, 5.74) is 0. The van der Waals surface area contributed by atoms with Gasteiger partial charge in [-0.25, -0.2) is 0 Å². The number of nitrogens with one attached hydrogen (secondary N) is 1. The first-order valence-corrected chi connectivity index (χ1v) is 7.02. The van der Waals surface area contributed by atoms with Crippen molar-refractivity contribution in [3.05, 3.63) is 23.4 Å². The lowest BCUT2D eigenvalue weighted by molar-refractivity contribution is 0.151. The molecule has 0 unspecified atom stereocenters. The molecule has 0 bridgehead atoms. The van der Waals surface area contributed by atoms with E-state index < -0.39 is 0 Å². The van der Waals surface area contributed by atoms with Crippen LogP contribution in [0.5, 0.6) is 0 Å². The number of rotatable bonds is 3. The van der Waals surface area contributed by atoms with Gasteiger partial charge < -0.3 is 9.73 Å². The van der Waals surface area contributed by atoms with Crippen molar-refractivity contribution in [2.45, 2.75) is 19.5 Å². The number of nitrogens with zero attached hydrogens (tertiary/aromatic N) is 3. The third-order valence-corrected chi connectivity index (χ3v) is 4.03. The van der Waals surface area contributed by atoms with Gasteiger partial charge in [0.2, 0.25) is 5.89 Å². The Morgan fingerprint density at radius 3 is 3.28 bits per heavy atom. The molecular weight excluding hydrogens is 248 g/mol. The van der Waals surface area contributed by atoms with Crippen molar-refractivity contribution < 1.29 is 4.42 Å². The molecule has 1 aliphatic rings. The lowest BCUT2D eigenvalue weighted by Gasteiger charge is -2.32. The van der Waals surface area contributed by atoms with Crippen LogP contribution in [0.1, 0.15) is 12.8 Å². The Labute approximate surface area is 110 Å². The van der Waals surface area contributed by atoms with Crippen LogP contribution < -0.4 is 5.32 Å². The molecule has 2 aromatic rings. The molecule has 96 valence electrons. The average Bonchev–Trinajstić information content (AvgIpc) is 3.02. The second-order valence-corrected chi connectivity index (χ2v) is 5.45. The molecule has 1 fully saturated rings. The third kappa shape index (κ3) is 2.45. The monoisotopic (exact) mass is 264 g/mol. The van der Waals surface area contributed by atoms with Crippen LogP contribution in [0, 0.1) is 0 Å². The van der Waals surface area contributed by atoms with Gasteiger partial charge in [0.1, 0.15) is 0 Å². The second kappa shape index (κ2) is 5.17. The summed E-state index contributed by atoms with van der Waals surface area (Å²) in [5.74, 6) is 1.33. The fourth-order valence-electron chi connectivity index (χ4n) is 2.11. The fourth-order valence-corrected chi connectivity index (χ4v) is 2.75. The van der Waals surface area contributed by atoms with E-state index in [-0.39, 0.29) is 0 Å². The highest BCUT2D eigenvalue weighted by Crippen LogP contribution is 2.23. The van der Waals surface area contributed by atoms with E-state index in [4.69, 9.17) is 4.42 Å². The molecule has 0 aromatic carbocycles. The fraction of sp³-hybridized carbons (Fsp3) is 0.500. The molecule has 6 heteroatoms. The van der Waals surface area contributed by atoms with Crippen LogP contribution in [0.15, 0.2) is 21.9 Å². The van der Waals surface area contributed by atoms with Crippen molar-refractivity contribution in [3.8, 4) is 10.8 Å². The van der Waals surface area contributed by atoms with Crippen molar-refractivity contribution in [1.82, 2.24) is 20.4 Å². The summed E-state index contributed by atoms with van der Waals surface area (Å²) in [6.45, 7) is 6.02. The van der Waals surface area contributed by atoms with Gasteiger partial charge in [-0.3, -0.25) is 4.90 Å². The Balaban J connectivity index is 1.70. The maximum absolute atomic E-state index is 5.71. The van der Waals surface area contributed by atoms with E-state index in [9.17, 15) is 0 Å². The van der Waals surface area contributed by atoms with Gasteiger partial charge in [0.25, 0.3) is 5.89 Å². The zero-order valence-corrected chi connectivity index (χ0v) is 11.1. The SMILES string of the molecule is C[C@H]1CNCCN1Cc1nnc(-c2cccs2)o1. The molecule has 3 rings (SSSR count). The van der Waals surface area contributed by atoms with Gasteiger partial charge in [0.15, 0.2) is 0 Å². The highest BCUT2D eigenvalue weighted by atomic mass is 32.1. The first-order chi connectivity index (χ1) is 8.83. The van der Waals surface area contributed by atoms with E-state index in [1.165, 1.54) is 0 Å². The predicted octanol–water partition coefficient (Wildman–Crippen LogP) is 1.59. The van der Waals surface area contributed by atoms with Crippen LogP contribution in [-0.2, 0) is 6.54 Å². The summed E-state index contributed by atoms with van der Waals surface area (Å²) in [6.07, 6.45) is 0. The minimum atomic E-state index is 0.510. The standard InChI is InChI=1S/C12H16N4OS/c1-9-7-13-4-5-16(9)8-11-14-15-12(17-11)10-3-2-6-18-10/h2-3,6,9,13H,4-5,7-8H2,1H3/t9-/m0/s1. The van der Waals surface area contributed by atoms with Crippen molar-refractivity contribution in [2.24, 2.45) is 0 Å². The third-order valence-electron chi connectivity index (χ3n) is 3.18. The molecule has 1 saturated heterocycles. The van der Waals surface area contributed by atoms with Crippen LogP contribution in [0.4, 0.5) is 0 Å². The molecule has 1 aliphatic heterocycles. The van der Waals surface area contributed by atoms with Gasteiger partial charge in [-0.15, -0.1) is 21.5 Å². The summed E-state index contributed by atoms with van der Waals surface area (Å²) < 4.78 is 5.71. The molecule has 1 atom stereocenters. The minimum absolute atomic E-state index is 0.510.